The van der Waals surface area contributed by atoms with Gasteiger partial charge in [-0.1, -0.05) is 244 Å². The minimum atomic E-state index is 1.03. The number of rotatable bonds is 10. The fourth-order valence-electron chi connectivity index (χ4n) is 12.3. The third-order valence-corrected chi connectivity index (χ3v) is 15.2. The summed E-state index contributed by atoms with van der Waals surface area (Å²) in [4.78, 5) is 0. The van der Waals surface area contributed by atoms with Crippen molar-refractivity contribution in [1.29, 1.82) is 0 Å². The summed E-state index contributed by atoms with van der Waals surface area (Å²) in [6, 6.07) is 77.0. The quantitative estimate of drug-likeness (QED) is 0.120. The van der Waals surface area contributed by atoms with E-state index in [1.807, 2.05) is 12.2 Å². The normalized spacial score (nSPS) is 12.5. The topological polar surface area (TPSA) is 0 Å². The van der Waals surface area contributed by atoms with Crippen molar-refractivity contribution in [3.63, 3.8) is 0 Å². The molecule has 0 unspecified atom stereocenters. The zero-order valence-corrected chi connectivity index (χ0v) is 40.5. The summed E-state index contributed by atoms with van der Waals surface area (Å²) in [5, 5.41) is 7.54. The first kappa shape index (κ1) is 43.0. The monoisotopic (exact) mass is 914 g/mol. The molecule has 338 valence electrons. The van der Waals surface area contributed by atoms with Gasteiger partial charge in [-0.2, -0.15) is 0 Å². The molecular formula is C72H50. The minimum absolute atomic E-state index is 1.03. The highest BCUT2D eigenvalue weighted by molar-refractivity contribution is 6.31. The van der Waals surface area contributed by atoms with Crippen LogP contribution in [0, 0.1) is 0 Å². The van der Waals surface area contributed by atoms with Crippen LogP contribution in [0.25, 0.3) is 144 Å². The Morgan fingerprint density at radius 2 is 0.722 bits per heavy atom. The molecule has 0 atom stereocenters. The summed E-state index contributed by atoms with van der Waals surface area (Å²) in [5.41, 5.74) is 27.0. The van der Waals surface area contributed by atoms with Gasteiger partial charge < -0.3 is 0 Å². The molecular weight excluding hydrogens is 865 g/mol. The number of allylic oxidation sites excluding steroid dienone is 8. The van der Waals surface area contributed by atoms with Crippen LogP contribution in [-0.2, 0) is 0 Å². The molecule has 0 N–H and O–H groups in total. The Morgan fingerprint density at radius 3 is 1.15 bits per heavy atom. The van der Waals surface area contributed by atoms with Crippen LogP contribution in [-0.4, -0.2) is 0 Å². The lowest BCUT2D eigenvalue weighted by Gasteiger charge is -2.23. The Bertz CT molecular complexity index is 4070. The lowest BCUT2D eigenvalue weighted by atomic mass is 9.80. The molecule has 0 saturated carbocycles. The lowest BCUT2D eigenvalue weighted by Crippen LogP contribution is -1.98. The van der Waals surface area contributed by atoms with Gasteiger partial charge in [0, 0.05) is 0 Å². The smallest absolute Gasteiger partial charge is 0.000740 e. The highest BCUT2D eigenvalue weighted by Crippen LogP contribution is 2.61. The summed E-state index contributed by atoms with van der Waals surface area (Å²) < 4.78 is 0. The van der Waals surface area contributed by atoms with E-state index in [9.17, 15) is 0 Å². The maximum Gasteiger partial charge on any atom is -0.000740 e. The van der Waals surface area contributed by atoms with E-state index in [1.165, 1.54) is 132 Å². The van der Waals surface area contributed by atoms with Gasteiger partial charge in [0.1, 0.15) is 0 Å². The number of benzene rings is 11. The van der Waals surface area contributed by atoms with E-state index >= 15 is 0 Å². The second-order valence-corrected chi connectivity index (χ2v) is 18.9. The van der Waals surface area contributed by atoms with Crippen LogP contribution in [0.1, 0.15) is 25.0 Å². The molecule has 0 bridgehead atoms. The van der Waals surface area contributed by atoms with E-state index in [4.69, 9.17) is 0 Å². The van der Waals surface area contributed by atoms with Crippen molar-refractivity contribution in [2.24, 2.45) is 0 Å². The molecule has 0 fully saturated rings. The van der Waals surface area contributed by atoms with Gasteiger partial charge in [0.2, 0.25) is 0 Å². The van der Waals surface area contributed by atoms with Crippen molar-refractivity contribution in [2.45, 2.75) is 13.8 Å². The van der Waals surface area contributed by atoms with Crippen molar-refractivity contribution >= 4 is 43.5 Å². The first-order valence-corrected chi connectivity index (χ1v) is 25.1. The largest absolute Gasteiger partial charge is 0.0990 e. The first-order valence-electron chi connectivity index (χ1n) is 25.1. The molecule has 0 radical (unpaired) electrons. The zero-order chi connectivity index (χ0) is 48.5. The van der Waals surface area contributed by atoms with Crippen LogP contribution in [0.4, 0.5) is 0 Å². The molecule has 0 heteroatoms. The molecule has 0 aromatic heterocycles. The highest BCUT2D eigenvalue weighted by atomic mass is 14.4. The number of fused-ring (bicyclic) bond motifs is 7. The van der Waals surface area contributed by atoms with E-state index in [0.717, 1.165) is 22.3 Å². The van der Waals surface area contributed by atoms with Crippen LogP contribution >= 0.6 is 0 Å². The van der Waals surface area contributed by atoms with E-state index < -0.39 is 0 Å². The van der Waals surface area contributed by atoms with Crippen molar-refractivity contribution in [2.75, 3.05) is 0 Å². The molecule has 2 aliphatic carbocycles. The van der Waals surface area contributed by atoms with Crippen molar-refractivity contribution in [1.82, 2.24) is 0 Å². The first-order chi connectivity index (χ1) is 35.6. The van der Waals surface area contributed by atoms with E-state index in [-0.39, 0.29) is 0 Å². The third-order valence-electron chi connectivity index (χ3n) is 15.2. The number of hydrogen-bond acceptors (Lipinski definition) is 0. The molecule has 2 aliphatic rings. The summed E-state index contributed by atoms with van der Waals surface area (Å²) in [6.07, 6.45) is 12.5. The van der Waals surface area contributed by atoms with Gasteiger partial charge in [0.15, 0.2) is 0 Å². The molecule has 72 heavy (non-hydrogen) atoms. The predicted molar refractivity (Wildman–Crippen MR) is 312 cm³/mol. The molecule has 11 aromatic carbocycles. The van der Waals surface area contributed by atoms with Gasteiger partial charge in [-0.05, 0) is 181 Å². The molecule has 0 aliphatic heterocycles. The maximum absolute atomic E-state index is 4.32. The second-order valence-electron chi connectivity index (χ2n) is 18.9. The highest BCUT2D eigenvalue weighted by Gasteiger charge is 2.33. The Balaban J connectivity index is 1.12. The maximum atomic E-state index is 4.32. The molecule has 0 amide bonds. The van der Waals surface area contributed by atoms with Gasteiger partial charge in [-0.15, -0.1) is 0 Å². The third kappa shape index (κ3) is 6.46. The molecule has 11 aromatic rings. The van der Waals surface area contributed by atoms with Crippen LogP contribution in [0.2, 0.25) is 0 Å². The predicted octanol–water partition coefficient (Wildman–Crippen LogP) is 20.5. The standard InChI is InChI=1S/C72H50/c1-5-23-45(7-3)61-43-63-64(44-62(61)46(8-4)24-6-2)66(50-31-19-12-20-32-50)72-60-42-40-54(56-34-22-36-58(68(56)60)71(72)65(63)49-29-17-11-18-30-49)53-39-41-59-67-55(53)33-21-35-57(67)69-51(47-25-13-9-14-26-47)37-38-52(70(59)69)48-27-15-10-16-28-48/h5-44H,2,4H2,1,3H3/b23-5-,45-7+,46-24+. The minimum Gasteiger partial charge on any atom is -0.0990 e. The summed E-state index contributed by atoms with van der Waals surface area (Å²) in [6.45, 7) is 12.7. The van der Waals surface area contributed by atoms with Crippen LogP contribution in [0.3, 0.4) is 0 Å². The lowest BCUT2D eigenvalue weighted by molar-refractivity contribution is 1.55. The fraction of sp³-hybridized carbons (Fsp3) is 0.0278. The van der Waals surface area contributed by atoms with Crippen molar-refractivity contribution < 1.29 is 0 Å². The average molecular weight is 915 g/mol. The summed E-state index contributed by atoms with van der Waals surface area (Å²) in [7, 11) is 0. The Kier molecular flexibility index (Phi) is 10.4. The van der Waals surface area contributed by atoms with E-state index in [1.54, 1.807) is 0 Å². The average Bonchev–Trinajstić information content (AvgIpc) is 3.96. The SMILES string of the molecule is C=C/C=C(\C=C)c1cc2c(-c3ccccc3)c3c(c(-c4ccccc4)c2cc1C(/C=C\C)=C/C)-c1cccc2c(-c4ccc5c6c(cccc46)-c4c(-c6ccccc6)ccc(-c6ccccc6)c4-5)ccc-3c12. The molecule has 0 spiro atoms. The number of hydrogen-bond donors (Lipinski definition) is 0. The summed E-state index contributed by atoms with van der Waals surface area (Å²) in [5.74, 6) is 0. The van der Waals surface area contributed by atoms with Crippen molar-refractivity contribution in [3.8, 4) is 100 Å². The van der Waals surface area contributed by atoms with Crippen LogP contribution in [0.15, 0.2) is 256 Å². The summed E-state index contributed by atoms with van der Waals surface area (Å²) >= 11 is 0. The molecule has 0 nitrogen and oxygen atoms in total. The van der Waals surface area contributed by atoms with E-state index in [0.29, 0.717) is 0 Å². The Labute approximate surface area is 422 Å². The van der Waals surface area contributed by atoms with Gasteiger partial charge in [0.25, 0.3) is 0 Å². The van der Waals surface area contributed by atoms with Crippen LogP contribution < -0.4 is 0 Å². The van der Waals surface area contributed by atoms with Crippen molar-refractivity contribution in [3.05, 3.63) is 267 Å². The van der Waals surface area contributed by atoms with Gasteiger partial charge in [-0.25, -0.2) is 0 Å². The van der Waals surface area contributed by atoms with Gasteiger partial charge >= 0.3 is 0 Å². The van der Waals surface area contributed by atoms with Gasteiger partial charge in [0.05, 0.1) is 0 Å². The Hall–Kier alpha value is -9.10. The molecule has 0 heterocycles. The second kappa shape index (κ2) is 17.4. The Morgan fingerprint density at radius 1 is 0.333 bits per heavy atom. The van der Waals surface area contributed by atoms with Gasteiger partial charge in [-0.3, -0.25) is 0 Å². The van der Waals surface area contributed by atoms with Crippen LogP contribution in [0.5, 0.6) is 0 Å². The molecule has 13 rings (SSSR count). The molecule has 0 saturated heterocycles. The van der Waals surface area contributed by atoms with E-state index in [2.05, 4.69) is 258 Å². The zero-order valence-electron chi connectivity index (χ0n) is 40.5. The fourth-order valence-corrected chi connectivity index (χ4v) is 12.3.